The lowest BCUT2D eigenvalue weighted by Crippen LogP contribution is -2.23. The highest BCUT2D eigenvalue weighted by atomic mass is 79.9. The molecule has 19 heavy (non-hydrogen) atoms. The van der Waals surface area contributed by atoms with Gasteiger partial charge in [-0.15, -0.1) is 0 Å². The Hall–Kier alpha value is -1.62. The lowest BCUT2D eigenvalue weighted by Gasteiger charge is -2.28. The summed E-state index contributed by atoms with van der Waals surface area (Å²) in [6.07, 6.45) is 7.19. The van der Waals surface area contributed by atoms with Gasteiger partial charge in [-0.3, -0.25) is 4.79 Å². The second kappa shape index (κ2) is 5.17. The molecule has 0 saturated heterocycles. The van der Waals surface area contributed by atoms with E-state index >= 15 is 0 Å². The number of aromatic nitrogens is 2. The van der Waals surface area contributed by atoms with Crippen molar-refractivity contribution in [1.29, 1.82) is 0 Å². The van der Waals surface area contributed by atoms with Gasteiger partial charge in [0.15, 0.2) is 0 Å². The number of hydrogen-bond donors (Lipinski definition) is 1. The molecule has 1 saturated carbocycles. The summed E-state index contributed by atoms with van der Waals surface area (Å²) in [5.41, 5.74) is 0.697. The molecule has 0 aliphatic heterocycles. The van der Waals surface area contributed by atoms with Gasteiger partial charge in [-0.1, -0.05) is 0 Å². The fraction of sp³-hybridized carbons (Fsp3) is 0.286. The lowest BCUT2D eigenvalue weighted by molar-refractivity contribution is 0.101. The predicted octanol–water partition coefficient (Wildman–Crippen LogP) is 3.62. The predicted molar refractivity (Wildman–Crippen MR) is 77.2 cm³/mol. The van der Waals surface area contributed by atoms with Gasteiger partial charge in [-0.25, -0.2) is 4.98 Å². The SMILES string of the molecule is O=C(Nc1ncccc1Br)c1cccn1C1CCC1. The Balaban J connectivity index is 1.81. The van der Waals surface area contributed by atoms with Crippen LogP contribution in [0, 0.1) is 0 Å². The molecule has 0 spiro atoms. The van der Waals surface area contributed by atoms with E-state index in [2.05, 4.69) is 30.8 Å². The van der Waals surface area contributed by atoms with Crippen LogP contribution < -0.4 is 5.32 Å². The van der Waals surface area contributed by atoms with Gasteiger partial charge in [0.2, 0.25) is 0 Å². The first-order chi connectivity index (χ1) is 9.25. The number of rotatable bonds is 3. The molecule has 0 atom stereocenters. The Kier molecular flexibility index (Phi) is 3.38. The zero-order valence-corrected chi connectivity index (χ0v) is 11.9. The molecule has 5 heteroatoms. The van der Waals surface area contributed by atoms with Gasteiger partial charge in [0.1, 0.15) is 11.5 Å². The number of halogens is 1. The first kappa shape index (κ1) is 12.4. The molecule has 0 bridgehead atoms. The molecule has 1 N–H and O–H groups in total. The zero-order chi connectivity index (χ0) is 13.2. The number of nitrogens with zero attached hydrogens (tertiary/aromatic N) is 2. The first-order valence-corrected chi connectivity index (χ1v) is 7.14. The van der Waals surface area contributed by atoms with Crippen LogP contribution in [0.15, 0.2) is 41.1 Å². The Morgan fingerprint density at radius 2 is 2.21 bits per heavy atom. The number of anilines is 1. The quantitative estimate of drug-likeness (QED) is 0.939. The average molecular weight is 320 g/mol. The number of hydrogen-bond acceptors (Lipinski definition) is 2. The average Bonchev–Trinajstić information content (AvgIpc) is 2.79. The van der Waals surface area contributed by atoms with Crippen LogP contribution >= 0.6 is 15.9 Å². The molecule has 4 nitrogen and oxygen atoms in total. The molecule has 98 valence electrons. The highest BCUT2D eigenvalue weighted by molar-refractivity contribution is 9.10. The summed E-state index contributed by atoms with van der Waals surface area (Å²) < 4.78 is 2.85. The second-order valence-corrected chi connectivity index (χ2v) is 5.53. The van der Waals surface area contributed by atoms with E-state index in [-0.39, 0.29) is 5.91 Å². The Morgan fingerprint density at radius 1 is 1.37 bits per heavy atom. The molecule has 3 rings (SSSR count). The summed E-state index contributed by atoms with van der Waals surface area (Å²) in [5, 5.41) is 2.84. The van der Waals surface area contributed by atoms with E-state index in [1.54, 1.807) is 6.20 Å². The summed E-state index contributed by atoms with van der Waals surface area (Å²) in [6, 6.07) is 7.91. The van der Waals surface area contributed by atoms with Crippen LogP contribution in [0.5, 0.6) is 0 Å². The van der Waals surface area contributed by atoms with E-state index in [0.29, 0.717) is 17.6 Å². The maximum atomic E-state index is 12.3. The van der Waals surface area contributed by atoms with E-state index in [1.807, 2.05) is 30.5 Å². The molecule has 0 unspecified atom stereocenters. The minimum atomic E-state index is -0.115. The van der Waals surface area contributed by atoms with Crippen LogP contribution in [0.1, 0.15) is 35.8 Å². The van der Waals surface area contributed by atoms with E-state index < -0.39 is 0 Å². The smallest absolute Gasteiger partial charge is 0.273 e. The van der Waals surface area contributed by atoms with Crippen LogP contribution in [-0.4, -0.2) is 15.5 Å². The minimum absolute atomic E-state index is 0.115. The van der Waals surface area contributed by atoms with Crippen molar-refractivity contribution < 1.29 is 4.79 Å². The molecule has 2 aromatic rings. The molecule has 2 heterocycles. The third-order valence-electron chi connectivity index (χ3n) is 3.47. The van der Waals surface area contributed by atoms with Gasteiger partial charge >= 0.3 is 0 Å². The number of carbonyl (C=O) groups excluding carboxylic acids is 1. The van der Waals surface area contributed by atoms with Gasteiger partial charge in [-0.2, -0.15) is 0 Å². The van der Waals surface area contributed by atoms with E-state index in [1.165, 1.54) is 6.42 Å². The van der Waals surface area contributed by atoms with Gasteiger partial charge in [0.25, 0.3) is 5.91 Å². The third kappa shape index (κ3) is 2.42. The molecule has 2 aromatic heterocycles. The fourth-order valence-electron chi connectivity index (χ4n) is 2.22. The monoisotopic (exact) mass is 319 g/mol. The van der Waals surface area contributed by atoms with Crippen molar-refractivity contribution in [2.45, 2.75) is 25.3 Å². The van der Waals surface area contributed by atoms with Crippen molar-refractivity contribution in [3.63, 3.8) is 0 Å². The van der Waals surface area contributed by atoms with Crippen LogP contribution in [-0.2, 0) is 0 Å². The normalized spacial score (nSPS) is 15.0. The van der Waals surface area contributed by atoms with Gasteiger partial charge in [-0.05, 0) is 59.5 Å². The Morgan fingerprint density at radius 3 is 2.89 bits per heavy atom. The van der Waals surface area contributed by atoms with Crippen molar-refractivity contribution >= 4 is 27.7 Å². The highest BCUT2D eigenvalue weighted by Gasteiger charge is 2.23. The molecule has 0 aromatic carbocycles. The van der Waals surface area contributed by atoms with Gasteiger partial charge in [0, 0.05) is 18.4 Å². The molecule has 1 aliphatic carbocycles. The van der Waals surface area contributed by atoms with Crippen molar-refractivity contribution in [2.75, 3.05) is 5.32 Å². The van der Waals surface area contributed by atoms with Crippen LogP contribution in [0.3, 0.4) is 0 Å². The Bertz CT molecular complexity index is 604. The minimum Gasteiger partial charge on any atom is -0.340 e. The van der Waals surface area contributed by atoms with Gasteiger partial charge < -0.3 is 9.88 Å². The lowest BCUT2D eigenvalue weighted by atomic mass is 9.93. The maximum Gasteiger partial charge on any atom is 0.273 e. The molecule has 1 amide bonds. The summed E-state index contributed by atoms with van der Waals surface area (Å²) in [4.78, 5) is 16.4. The molecule has 1 fully saturated rings. The molecular weight excluding hydrogens is 306 g/mol. The number of pyridine rings is 1. The standard InChI is InChI=1S/C14H14BrN3O/c15-11-6-2-8-16-13(11)17-14(19)12-7-3-9-18(12)10-4-1-5-10/h2-3,6-10H,1,4-5H2,(H,16,17,19). The van der Waals surface area contributed by atoms with Crippen LogP contribution in [0.4, 0.5) is 5.82 Å². The summed E-state index contributed by atoms with van der Waals surface area (Å²) >= 11 is 3.38. The maximum absolute atomic E-state index is 12.3. The van der Waals surface area contributed by atoms with Crippen molar-refractivity contribution in [3.8, 4) is 0 Å². The Labute approximate surface area is 120 Å². The van der Waals surface area contributed by atoms with Crippen LogP contribution in [0.25, 0.3) is 0 Å². The number of carbonyl (C=O) groups is 1. The topological polar surface area (TPSA) is 46.9 Å². The third-order valence-corrected chi connectivity index (χ3v) is 4.11. The summed E-state index contributed by atoms with van der Waals surface area (Å²) in [7, 11) is 0. The van der Waals surface area contributed by atoms with Crippen molar-refractivity contribution in [2.24, 2.45) is 0 Å². The first-order valence-electron chi connectivity index (χ1n) is 6.34. The summed E-state index contributed by atoms with van der Waals surface area (Å²) in [6.45, 7) is 0. The van der Waals surface area contributed by atoms with E-state index in [4.69, 9.17) is 0 Å². The molecule has 1 aliphatic rings. The van der Waals surface area contributed by atoms with E-state index in [0.717, 1.165) is 17.3 Å². The zero-order valence-electron chi connectivity index (χ0n) is 10.3. The van der Waals surface area contributed by atoms with Crippen LogP contribution in [0.2, 0.25) is 0 Å². The number of amides is 1. The molecular formula is C14H14BrN3O. The summed E-state index contributed by atoms with van der Waals surface area (Å²) in [5.74, 6) is 0.435. The molecule has 0 radical (unpaired) electrons. The van der Waals surface area contributed by atoms with Crippen molar-refractivity contribution in [1.82, 2.24) is 9.55 Å². The highest BCUT2D eigenvalue weighted by Crippen LogP contribution is 2.33. The second-order valence-electron chi connectivity index (χ2n) is 4.67. The largest absolute Gasteiger partial charge is 0.340 e. The van der Waals surface area contributed by atoms with Crippen molar-refractivity contribution in [3.05, 3.63) is 46.8 Å². The van der Waals surface area contributed by atoms with Gasteiger partial charge in [0.05, 0.1) is 4.47 Å². The fourth-order valence-corrected chi connectivity index (χ4v) is 2.57. The number of nitrogens with one attached hydrogen (secondary N) is 1. The van der Waals surface area contributed by atoms with E-state index in [9.17, 15) is 4.79 Å².